The summed E-state index contributed by atoms with van der Waals surface area (Å²) in [4.78, 5) is 0. The third-order valence-corrected chi connectivity index (χ3v) is 3.16. The van der Waals surface area contributed by atoms with E-state index >= 15 is 0 Å². The number of hydrogen-bond acceptors (Lipinski definition) is 4. The van der Waals surface area contributed by atoms with Crippen molar-refractivity contribution in [2.75, 3.05) is 19.9 Å². The smallest absolute Gasteiger partial charge is 0.147 e. The second-order valence-corrected chi connectivity index (χ2v) is 4.47. The number of nitriles is 1. The van der Waals surface area contributed by atoms with Crippen molar-refractivity contribution in [1.82, 2.24) is 5.32 Å². The van der Waals surface area contributed by atoms with Crippen LogP contribution in [0.5, 0.6) is 0 Å². The molecule has 1 aliphatic heterocycles. The van der Waals surface area contributed by atoms with Crippen LogP contribution in [0.25, 0.3) is 0 Å². The SMILES string of the molecule is CC(NCC1CCOCO1)c1ccc(C#N)cc1. The lowest BCUT2D eigenvalue weighted by atomic mass is 10.1. The number of nitrogens with zero attached hydrogens (tertiary/aromatic N) is 1. The zero-order chi connectivity index (χ0) is 12.8. The van der Waals surface area contributed by atoms with Gasteiger partial charge < -0.3 is 14.8 Å². The Balaban J connectivity index is 1.83. The van der Waals surface area contributed by atoms with Crippen LogP contribution >= 0.6 is 0 Å². The highest BCUT2D eigenvalue weighted by Crippen LogP contribution is 2.14. The Morgan fingerprint density at radius 1 is 1.44 bits per heavy atom. The van der Waals surface area contributed by atoms with Crippen molar-refractivity contribution in [3.8, 4) is 6.07 Å². The van der Waals surface area contributed by atoms with E-state index in [0.717, 1.165) is 19.6 Å². The number of nitrogens with one attached hydrogen (secondary N) is 1. The Morgan fingerprint density at radius 2 is 2.22 bits per heavy atom. The van der Waals surface area contributed by atoms with Gasteiger partial charge in [-0.15, -0.1) is 0 Å². The van der Waals surface area contributed by atoms with Gasteiger partial charge in [-0.2, -0.15) is 5.26 Å². The summed E-state index contributed by atoms with van der Waals surface area (Å²) in [5, 5.41) is 12.2. The van der Waals surface area contributed by atoms with Gasteiger partial charge in [-0.25, -0.2) is 0 Å². The van der Waals surface area contributed by atoms with Crippen molar-refractivity contribution in [3.05, 3.63) is 35.4 Å². The maximum absolute atomic E-state index is 8.75. The van der Waals surface area contributed by atoms with Crippen LogP contribution < -0.4 is 5.32 Å². The summed E-state index contributed by atoms with van der Waals surface area (Å²) in [5.41, 5.74) is 1.87. The van der Waals surface area contributed by atoms with Crippen LogP contribution in [-0.2, 0) is 9.47 Å². The lowest BCUT2D eigenvalue weighted by molar-refractivity contribution is -0.137. The first-order chi connectivity index (χ1) is 8.79. The largest absolute Gasteiger partial charge is 0.355 e. The van der Waals surface area contributed by atoms with Gasteiger partial charge in [-0.3, -0.25) is 0 Å². The Hall–Kier alpha value is -1.41. The normalized spacial score (nSPS) is 21.2. The molecular weight excluding hydrogens is 228 g/mol. The molecule has 4 nitrogen and oxygen atoms in total. The van der Waals surface area contributed by atoms with Gasteiger partial charge >= 0.3 is 0 Å². The molecule has 96 valence electrons. The molecule has 2 unspecified atom stereocenters. The third-order valence-electron chi connectivity index (χ3n) is 3.16. The van der Waals surface area contributed by atoms with E-state index in [0.29, 0.717) is 12.4 Å². The minimum Gasteiger partial charge on any atom is -0.355 e. The second kappa shape index (κ2) is 6.50. The summed E-state index contributed by atoms with van der Waals surface area (Å²) in [6, 6.07) is 10.0. The number of benzene rings is 1. The standard InChI is InChI=1S/C14H18N2O2/c1-11(13-4-2-12(8-15)3-5-13)16-9-14-6-7-17-10-18-14/h2-5,11,14,16H,6-7,9-10H2,1H3. The fourth-order valence-corrected chi connectivity index (χ4v) is 1.93. The molecule has 4 heteroatoms. The summed E-state index contributed by atoms with van der Waals surface area (Å²) in [6.45, 7) is 4.11. The summed E-state index contributed by atoms with van der Waals surface area (Å²) in [6.07, 6.45) is 1.17. The molecule has 1 aliphatic rings. The minimum absolute atomic E-state index is 0.236. The van der Waals surface area contributed by atoms with Gasteiger partial charge in [0.05, 0.1) is 24.3 Å². The van der Waals surface area contributed by atoms with Gasteiger partial charge in [0.2, 0.25) is 0 Å². The van der Waals surface area contributed by atoms with E-state index in [1.165, 1.54) is 5.56 Å². The van der Waals surface area contributed by atoms with Crippen molar-refractivity contribution in [3.63, 3.8) is 0 Å². The third kappa shape index (κ3) is 3.54. The lowest BCUT2D eigenvalue weighted by Crippen LogP contribution is -2.35. The van der Waals surface area contributed by atoms with Crippen molar-refractivity contribution >= 4 is 0 Å². The predicted octanol–water partition coefficient (Wildman–Crippen LogP) is 1.97. The quantitative estimate of drug-likeness (QED) is 0.882. The Bertz CT molecular complexity index is 405. The first-order valence-electron chi connectivity index (χ1n) is 6.22. The Morgan fingerprint density at radius 3 is 2.83 bits per heavy atom. The molecule has 18 heavy (non-hydrogen) atoms. The summed E-state index contributed by atoms with van der Waals surface area (Å²) < 4.78 is 10.6. The van der Waals surface area contributed by atoms with Crippen molar-refractivity contribution in [2.24, 2.45) is 0 Å². The van der Waals surface area contributed by atoms with E-state index in [9.17, 15) is 0 Å². The predicted molar refractivity (Wildman–Crippen MR) is 67.9 cm³/mol. The fraction of sp³-hybridized carbons (Fsp3) is 0.500. The molecule has 2 atom stereocenters. The molecule has 0 radical (unpaired) electrons. The maximum atomic E-state index is 8.75. The van der Waals surface area contributed by atoms with Crippen LogP contribution in [0.4, 0.5) is 0 Å². The van der Waals surface area contributed by atoms with Gasteiger partial charge in [0, 0.05) is 12.6 Å². The van der Waals surface area contributed by atoms with Crippen molar-refractivity contribution in [1.29, 1.82) is 5.26 Å². The van der Waals surface area contributed by atoms with E-state index < -0.39 is 0 Å². The van der Waals surface area contributed by atoms with E-state index in [4.69, 9.17) is 14.7 Å². The summed E-state index contributed by atoms with van der Waals surface area (Å²) in [5.74, 6) is 0. The molecule has 0 spiro atoms. The molecule has 1 heterocycles. The van der Waals surface area contributed by atoms with Crippen LogP contribution in [0, 0.1) is 11.3 Å². The number of hydrogen-bond donors (Lipinski definition) is 1. The van der Waals surface area contributed by atoms with Gasteiger partial charge in [0.1, 0.15) is 6.79 Å². The monoisotopic (exact) mass is 246 g/mol. The van der Waals surface area contributed by atoms with Crippen LogP contribution in [0.1, 0.15) is 30.5 Å². The van der Waals surface area contributed by atoms with Gasteiger partial charge in [-0.05, 0) is 31.0 Å². The maximum Gasteiger partial charge on any atom is 0.147 e. The molecule has 0 bridgehead atoms. The zero-order valence-corrected chi connectivity index (χ0v) is 10.6. The molecule has 0 saturated carbocycles. The molecule has 2 rings (SSSR count). The molecule has 1 N–H and O–H groups in total. The molecule has 0 aliphatic carbocycles. The van der Waals surface area contributed by atoms with Crippen LogP contribution in [-0.4, -0.2) is 26.0 Å². The Labute approximate surface area is 108 Å². The summed E-state index contributed by atoms with van der Waals surface area (Å²) in [7, 11) is 0. The van der Waals surface area contributed by atoms with Crippen LogP contribution in [0.15, 0.2) is 24.3 Å². The number of ether oxygens (including phenoxy) is 2. The first-order valence-corrected chi connectivity index (χ1v) is 6.22. The fourth-order valence-electron chi connectivity index (χ4n) is 1.93. The lowest BCUT2D eigenvalue weighted by Gasteiger charge is -2.25. The van der Waals surface area contributed by atoms with Gasteiger partial charge in [-0.1, -0.05) is 12.1 Å². The summed E-state index contributed by atoms with van der Waals surface area (Å²) >= 11 is 0. The average Bonchev–Trinajstić information content (AvgIpc) is 2.46. The average molecular weight is 246 g/mol. The van der Waals surface area contributed by atoms with Gasteiger partial charge in [0.15, 0.2) is 0 Å². The second-order valence-electron chi connectivity index (χ2n) is 4.47. The topological polar surface area (TPSA) is 54.3 Å². The molecule has 0 amide bonds. The van der Waals surface area contributed by atoms with E-state index in [-0.39, 0.29) is 12.1 Å². The van der Waals surface area contributed by atoms with Crippen molar-refractivity contribution < 1.29 is 9.47 Å². The molecule has 0 aromatic heterocycles. The van der Waals surface area contributed by atoms with E-state index in [2.05, 4.69) is 18.3 Å². The van der Waals surface area contributed by atoms with Crippen molar-refractivity contribution in [2.45, 2.75) is 25.5 Å². The first kappa shape index (κ1) is 13.0. The highest BCUT2D eigenvalue weighted by atomic mass is 16.7. The molecule has 1 aromatic rings. The molecule has 1 saturated heterocycles. The molecule has 1 fully saturated rings. The van der Waals surface area contributed by atoms with Gasteiger partial charge in [0.25, 0.3) is 0 Å². The van der Waals surface area contributed by atoms with Crippen LogP contribution in [0.2, 0.25) is 0 Å². The van der Waals surface area contributed by atoms with E-state index in [1.807, 2.05) is 24.3 Å². The highest BCUT2D eigenvalue weighted by Gasteiger charge is 2.15. The highest BCUT2D eigenvalue weighted by molar-refractivity contribution is 5.32. The molecular formula is C14H18N2O2. The van der Waals surface area contributed by atoms with E-state index in [1.54, 1.807) is 0 Å². The Kier molecular flexibility index (Phi) is 4.71. The molecule has 1 aromatic carbocycles. The minimum atomic E-state index is 0.236. The number of rotatable bonds is 4. The van der Waals surface area contributed by atoms with Crippen LogP contribution in [0.3, 0.4) is 0 Å². The zero-order valence-electron chi connectivity index (χ0n) is 10.6.